The Balaban J connectivity index is 2.00. The molecule has 1 heterocycles. The molecule has 0 aromatic rings. The Morgan fingerprint density at radius 2 is 2.00 bits per heavy atom. The first-order chi connectivity index (χ1) is 7.36. The van der Waals surface area contributed by atoms with Gasteiger partial charge in [0.25, 0.3) is 0 Å². The van der Waals surface area contributed by atoms with Gasteiger partial charge in [-0.3, -0.25) is 0 Å². The number of hydrogen-bond donors (Lipinski definition) is 1. The van der Waals surface area contributed by atoms with Crippen LogP contribution in [-0.4, -0.2) is 37.6 Å². The van der Waals surface area contributed by atoms with E-state index in [4.69, 9.17) is 0 Å². The van der Waals surface area contributed by atoms with Crippen molar-refractivity contribution in [3.63, 3.8) is 0 Å². The molecule has 1 aliphatic heterocycles. The van der Waals surface area contributed by atoms with E-state index < -0.39 is 0 Å². The van der Waals surface area contributed by atoms with Gasteiger partial charge in [-0.15, -0.1) is 0 Å². The zero-order valence-corrected chi connectivity index (χ0v) is 10.6. The Morgan fingerprint density at radius 1 is 1.20 bits per heavy atom. The lowest BCUT2D eigenvalue weighted by Gasteiger charge is -2.20. The largest absolute Gasteiger partial charge is 0.316 e. The highest BCUT2D eigenvalue weighted by Gasteiger charge is 2.13. The molecule has 0 aromatic heterocycles. The first kappa shape index (κ1) is 13.0. The molecule has 1 unspecified atom stereocenters. The molecule has 2 heteroatoms. The third kappa shape index (κ3) is 5.53. The summed E-state index contributed by atoms with van der Waals surface area (Å²) < 4.78 is 0. The third-order valence-electron chi connectivity index (χ3n) is 3.52. The van der Waals surface area contributed by atoms with Gasteiger partial charge in [0, 0.05) is 0 Å². The Morgan fingerprint density at radius 3 is 2.60 bits per heavy atom. The topological polar surface area (TPSA) is 15.3 Å². The van der Waals surface area contributed by atoms with E-state index in [0.29, 0.717) is 0 Å². The first-order valence-corrected chi connectivity index (χ1v) is 6.79. The Labute approximate surface area is 95.4 Å². The zero-order valence-electron chi connectivity index (χ0n) is 10.6. The Hall–Kier alpha value is -0.0800. The maximum Gasteiger partial charge on any atom is -0.00187 e. The molecule has 0 spiro atoms. The van der Waals surface area contributed by atoms with Crippen molar-refractivity contribution in [2.45, 2.75) is 46.0 Å². The van der Waals surface area contributed by atoms with Crippen molar-refractivity contribution >= 4 is 0 Å². The van der Waals surface area contributed by atoms with Gasteiger partial charge in [0.2, 0.25) is 0 Å². The molecule has 1 aliphatic rings. The minimum Gasteiger partial charge on any atom is -0.316 e. The first-order valence-electron chi connectivity index (χ1n) is 6.79. The van der Waals surface area contributed by atoms with Crippen molar-refractivity contribution in [3.8, 4) is 0 Å². The molecule has 90 valence electrons. The van der Waals surface area contributed by atoms with Crippen molar-refractivity contribution in [2.24, 2.45) is 5.92 Å². The normalized spacial score (nSPS) is 21.4. The van der Waals surface area contributed by atoms with Gasteiger partial charge in [-0.05, 0) is 64.3 Å². The molecule has 1 rings (SSSR count). The molecule has 1 N–H and O–H groups in total. The van der Waals surface area contributed by atoms with Crippen molar-refractivity contribution in [2.75, 3.05) is 32.7 Å². The Kier molecular flexibility index (Phi) is 7.03. The Bertz CT molecular complexity index is 141. The maximum atomic E-state index is 3.45. The van der Waals surface area contributed by atoms with E-state index in [2.05, 4.69) is 24.1 Å². The van der Waals surface area contributed by atoms with E-state index in [-0.39, 0.29) is 0 Å². The molecule has 0 aromatic carbocycles. The van der Waals surface area contributed by atoms with Crippen molar-refractivity contribution in [1.82, 2.24) is 10.2 Å². The fourth-order valence-electron chi connectivity index (χ4n) is 2.37. The zero-order chi connectivity index (χ0) is 10.9. The lowest BCUT2D eigenvalue weighted by atomic mass is 10.0. The van der Waals surface area contributed by atoms with Gasteiger partial charge in [0.15, 0.2) is 0 Å². The van der Waals surface area contributed by atoms with Crippen molar-refractivity contribution in [1.29, 1.82) is 0 Å². The molecule has 0 radical (unpaired) electrons. The summed E-state index contributed by atoms with van der Waals surface area (Å²) in [5.74, 6) is 0.967. The molecular weight excluding hydrogens is 184 g/mol. The van der Waals surface area contributed by atoms with Gasteiger partial charge in [0.05, 0.1) is 0 Å². The van der Waals surface area contributed by atoms with E-state index in [0.717, 1.165) is 5.92 Å². The minimum absolute atomic E-state index is 0.967. The van der Waals surface area contributed by atoms with E-state index in [9.17, 15) is 0 Å². The highest BCUT2D eigenvalue weighted by molar-refractivity contribution is 4.71. The molecular formula is C13H28N2. The van der Waals surface area contributed by atoms with Crippen LogP contribution in [0.1, 0.15) is 46.0 Å². The monoisotopic (exact) mass is 212 g/mol. The third-order valence-corrected chi connectivity index (χ3v) is 3.52. The predicted molar refractivity (Wildman–Crippen MR) is 67.2 cm³/mol. The van der Waals surface area contributed by atoms with E-state index in [1.54, 1.807) is 0 Å². The molecule has 2 nitrogen and oxygen atoms in total. The number of nitrogens with zero attached hydrogens (tertiary/aromatic N) is 1. The van der Waals surface area contributed by atoms with Gasteiger partial charge >= 0.3 is 0 Å². The van der Waals surface area contributed by atoms with Gasteiger partial charge < -0.3 is 10.2 Å². The van der Waals surface area contributed by atoms with Crippen LogP contribution < -0.4 is 5.32 Å². The summed E-state index contributed by atoms with van der Waals surface area (Å²) in [7, 11) is 0. The molecule has 0 bridgehead atoms. The molecule has 1 saturated heterocycles. The van der Waals surface area contributed by atoms with Crippen LogP contribution in [0.15, 0.2) is 0 Å². The van der Waals surface area contributed by atoms with Gasteiger partial charge in [-0.2, -0.15) is 0 Å². The van der Waals surface area contributed by atoms with E-state index in [1.165, 1.54) is 64.8 Å². The van der Waals surface area contributed by atoms with Crippen LogP contribution in [0.4, 0.5) is 0 Å². The summed E-state index contributed by atoms with van der Waals surface area (Å²) in [4.78, 5) is 2.60. The molecule has 1 atom stereocenters. The van der Waals surface area contributed by atoms with Gasteiger partial charge in [-0.1, -0.05) is 20.3 Å². The van der Waals surface area contributed by atoms with Crippen molar-refractivity contribution in [3.05, 3.63) is 0 Å². The average molecular weight is 212 g/mol. The second-order valence-electron chi connectivity index (χ2n) is 4.79. The highest BCUT2D eigenvalue weighted by atomic mass is 15.1. The summed E-state index contributed by atoms with van der Waals surface area (Å²) in [6.45, 7) is 10.9. The van der Waals surface area contributed by atoms with Crippen molar-refractivity contribution < 1.29 is 0 Å². The SMILES string of the molecule is CCCCN(CC)CCCC1CCNC1. The van der Waals surface area contributed by atoms with Crippen LogP contribution in [0.2, 0.25) is 0 Å². The number of nitrogens with one attached hydrogen (secondary N) is 1. The molecule has 0 aliphatic carbocycles. The summed E-state index contributed by atoms with van der Waals surface area (Å²) in [5.41, 5.74) is 0. The minimum atomic E-state index is 0.967. The average Bonchev–Trinajstić information content (AvgIpc) is 2.76. The molecule has 15 heavy (non-hydrogen) atoms. The maximum absolute atomic E-state index is 3.45. The lowest BCUT2D eigenvalue weighted by Crippen LogP contribution is -2.26. The summed E-state index contributed by atoms with van der Waals surface area (Å²) in [6, 6.07) is 0. The van der Waals surface area contributed by atoms with Crippen LogP contribution >= 0.6 is 0 Å². The summed E-state index contributed by atoms with van der Waals surface area (Å²) >= 11 is 0. The molecule has 0 saturated carbocycles. The summed E-state index contributed by atoms with van der Waals surface area (Å²) in [6.07, 6.45) is 6.91. The molecule has 0 amide bonds. The smallest absolute Gasteiger partial charge is 0.00187 e. The van der Waals surface area contributed by atoms with Gasteiger partial charge in [-0.25, -0.2) is 0 Å². The number of unbranched alkanes of at least 4 members (excludes halogenated alkanes) is 1. The fraction of sp³-hybridized carbons (Fsp3) is 1.00. The van der Waals surface area contributed by atoms with E-state index in [1.807, 2.05) is 0 Å². The van der Waals surface area contributed by atoms with Crippen LogP contribution in [0, 0.1) is 5.92 Å². The lowest BCUT2D eigenvalue weighted by molar-refractivity contribution is 0.270. The predicted octanol–water partition coefficient (Wildman–Crippen LogP) is 2.50. The van der Waals surface area contributed by atoms with Crippen LogP contribution in [-0.2, 0) is 0 Å². The molecule has 1 fully saturated rings. The van der Waals surface area contributed by atoms with Crippen LogP contribution in [0.5, 0.6) is 0 Å². The standard InChI is InChI=1S/C13H28N2/c1-3-5-10-15(4-2)11-6-7-13-8-9-14-12-13/h13-14H,3-12H2,1-2H3. The van der Waals surface area contributed by atoms with Gasteiger partial charge in [0.1, 0.15) is 0 Å². The second kappa shape index (κ2) is 8.12. The second-order valence-corrected chi connectivity index (χ2v) is 4.79. The fourth-order valence-corrected chi connectivity index (χ4v) is 2.37. The van der Waals surface area contributed by atoms with E-state index >= 15 is 0 Å². The quantitative estimate of drug-likeness (QED) is 0.665. The number of rotatable bonds is 8. The number of hydrogen-bond acceptors (Lipinski definition) is 2. The highest BCUT2D eigenvalue weighted by Crippen LogP contribution is 2.14. The summed E-state index contributed by atoms with van der Waals surface area (Å²) in [5, 5.41) is 3.45. The van der Waals surface area contributed by atoms with Crippen LogP contribution in [0.3, 0.4) is 0 Å². The van der Waals surface area contributed by atoms with Crippen LogP contribution in [0.25, 0.3) is 0 Å².